The lowest BCUT2D eigenvalue weighted by Crippen LogP contribution is -1.96. The summed E-state index contributed by atoms with van der Waals surface area (Å²) in [6.07, 6.45) is 0. The molecule has 1 aromatic heterocycles. The number of aryl methyl sites for hydroxylation is 2. The highest BCUT2D eigenvalue weighted by Gasteiger charge is 2.14. The molecule has 1 N–H and O–H groups in total. The van der Waals surface area contributed by atoms with Crippen molar-refractivity contribution in [3.63, 3.8) is 0 Å². The Kier molecular flexibility index (Phi) is 3.62. The SMILES string of the molecule is Cc1ccccc1OCc1nc(C)c(C(=O)O)s1. The lowest BCUT2D eigenvalue weighted by Gasteiger charge is -2.06. The predicted octanol–water partition coefficient (Wildman–Crippen LogP) is 3.04. The molecule has 1 heterocycles. The number of hydrogen-bond acceptors (Lipinski definition) is 4. The maximum absolute atomic E-state index is 10.9. The van der Waals surface area contributed by atoms with E-state index in [2.05, 4.69) is 4.98 Å². The van der Waals surface area contributed by atoms with Crippen molar-refractivity contribution in [3.8, 4) is 5.75 Å². The van der Waals surface area contributed by atoms with Gasteiger partial charge in [-0.3, -0.25) is 0 Å². The van der Waals surface area contributed by atoms with Crippen LogP contribution in [-0.4, -0.2) is 16.1 Å². The lowest BCUT2D eigenvalue weighted by molar-refractivity contribution is 0.0701. The van der Waals surface area contributed by atoms with Crippen LogP contribution in [0.2, 0.25) is 0 Å². The number of nitrogens with zero attached hydrogens (tertiary/aromatic N) is 1. The third-order valence-corrected chi connectivity index (χ3v) is 3.60. The van der Waals surface area contributed by atoms with Crippen LogP contribution in [0.5, 0.6) is 5.75 Å². The fraction of sp³-hybridized carbons (Fsp3) is 0.231. The molecule has 5 heteroatoms. The van der Waals surface area contributed by atoms with Gasteiger partial charge in [0.25, 0.3) is 0 Å². The summed E-state index contributed by atoms with van der Waals surface area (Å²) in [6, 6.07) is 7.69. The van der Waals surface area contributed by atoms with Crippen molar-refractivity contribution in [2.75, 3.05) is 0 Å². The van der Waals surface area contributed by atoms with Crippen LogP contribution in [0.1, 0.15) is 25.9 Å². The Morgan fingerprint density at radius 3 is 2.72 bits per heavy atom. The number of carbonyl (C=O) groups is 1. The van der Waals surface area contributed by atoms with E-state index in [1.54, 1.807) is 6.92 Å². The maximum atomic E-state index is 10.9. The molecule has 0 aliphatic heterocycles. The van der Waals surface area contributed by atoms with E-state index in [4.69, 9.17) is 9.84 Å². The number of rotatable bonds is 4. The van der Waals surface area contributed by atoms with Crippen LogP contribution in [0.4, 0.5) is 0 Å². The van der Waals surface area contributed by atoms with Crippen LogP contribution < -0.4 is 4.74 Å². The molecule has 0 aliphatic rings. The van der Waals surface area contributed by atoms with Crippen molar-refractivity contribution in [1.29, 1.82) is 0 Å². The molecule has 0 saturated carbocycles. The van der Waals surface area contributed by atoms with Gasteiger partial charge in [-0.1, -0.05) is 18.2 Å². The van der Waals surface area contributed by atoms with Gasteiger partial charge < -0.3 is 9.84 Å². The Labute approximate surface area is 109 Å². The fourth-order valence-electron chi connectivity index (χ4n) is 1.57. The van der Waals surface area contributed by atoms with Gasteiger partial charge >= 0.3 is 5.97 Å². The average molecular weight is 263 g/mol. The predicted molar refractivity (Wildman–Crippen MR) is 69.3 cm³/mol. The molecule has 1 aromatic carbocycles. The van der Waals surface area contributed by atoms with Gasteiger partial charge in [0.1, 0.15) is 22.2 Å². The molecule has 0 saturated heterocycles. The minimum Gasteiger partial charge on any atom is -0.486 e. The smallest absolute Gasteiger partial charge is 0.347 e. The molecule has 0 aliphatic carbocycles. The number of carboxylic acid groups (broad SMARTS) is 1. The Morgan fingerprint density at radius 1 is 1.39 bits per heavy atom. The van der Waals surface area contributed by atoms with Crippen molar-refractivity contribution in [3.05, 3.63) is 45.4 Å². The number of aromatic nitrogens is 1. The van der Waals surface area contributed by atoms with Crippen molar-refractivity contribution in [2.24, 2.45) is 0 Å². The van der Waals surface area contributed by atoms with Gasteiger partial charge in [-0.05, 0) is 25.5 Å². The van der Waals surface area contributed by atoms with E-state index in [0.717, 1.165) is 22.6 Å². The maximum Gasteiger partial charge on any atom is 0.347 e. The Bertz CT molecular complexity index is 577. The molecule has 94 valence electrons. The minimum absolute atomic E-state index is 0.276. The summed E-state index contributed by atoms with van der Waals surface area (Å²) in [7, 11) is 0. The molecule has 0 atom stereocenters. The first kappa shape index (κ1) is 12.6. The Morgan fingerprint density at radius 2 is 2.11 bits per heavy atom. The molecular formula is C13H13NO3S. The topological polar surface area (TPSA) is 59.4 Å². The largest absolute Gasteiger partial charge is 0.486 e. The van der Waals surface area contributed by atoms with E-state index in [9.17, 15) is 4.79 Å². The van der Waals surface area contributed by atoms with Crippen molar-refractivity contribution in [2.45, 2.75) is 20.5 Å². The van der Waals surface area contributed by atoms with Gasteiger partial charge in [-0.25, -0.2) is 9.78 Å². The van der Waals surface area contributed by atoms with Gasteiger partial charge in [0.15, 0.2) is 0 Å². The molecule has 0 spiro atoms. The first-order chi connectivity index (χ1) is 8.58. The Balaban J connectivity index is 2.09. The van der Waals surface area contributed by atoms with Crippen LogP contribution in [-0.2, 0) is 6.61 Å². The molecule has 18 heavy (non-hydrogen) atoms. The molecule has 0 bridgehead atoms. The number of hydrogen-bond donors (Lipinski definition) is 1. The number of carboxylic acids is 1. The van der Waals surface area contributed by atoms with Crippen LogP contribution in [0, 0.1) is 13.8 Å². The van der Waals surface area contributed by atoms with Gasteiger partial charge in [0.05, 0.1) is 5.69 Å². The lowest BCUT2D eigenvalue weighted by atomic mass is 10.2. The summed E-state index contributed by atoms with van der Waals surface area (Å²) in [6.45, 7) is 3.95. The van der Waals surface area contributed by atoms with E-state index < -0.39 is 5.97 Å². The third-order valence-electron chi connectivity index (χ3n) is 2.48. The normalized spacial score (nSPS) is 10.3. The van der Waals surface area contributed by atoms with E-state index >= 15 is 0 Å². The zero-order chi connectivity index (χ0) is 13.1. The third kappa shape index (κ3) is 2.68. The second-order valence-corrected chi connectivity index (χ2v) is 4.97. The van der Waals surface area contributed by atoms with Crippen molar-refractivity contribution >= 4 is 17.3 Å². The van der Waals surface area contributed by atoms with Gasteiger partial charge in [-0.2, -0.15) is 0 Å². The number of thiazole rings is 1. The second kappa shape index (κ2) is 5.18. The summed E-state index contributed by atoms with van der Waals surface area (Å²) in [5, 5.41) is 9.61. The average Bonchev–Trinajstić information content (AvgIpc) is 2.70. The first-order valence-electron chi connectivity index (χ1n) is 5.46. The molecular weight excluding hydrogens is 250 g/mol. The monoisotopic (exact) mass is 263 g/mol. The van der Waals surface area contributed by atoms with Gasteiger partial charge in [0.2, 0.25) is 0 Å². The summed E-state index contributed by atoms with van der Waals surface area (Å²) in [5.41, 5.74) is 1.58. The molecule has 0 fully saturated rings. The number of aromatic carboxylic acids is 1. The highest BCUT2D eigenvalue weighted by Crippen LogP contribution is 2.21. The molecule has 4 nitrogen and oxygen atoms in total. The number of benzene rings is 1. The highest BCUT2D eigenvalue weighted by molar-refractivity contribution is 7.13. The zero-order valence-electron chi connectivity index (χ0n) is 10.1. The van der Waals surface area contributed by atoms with Crippen molar-refractivity contribution in [1.82, 2.24) is 4.98 Å². The van der Waals surface area contributed by atoms with E-state index in [1.807, 2.05) is 31.2 Å². The van der Waals surface area contributed by atoms with Crippen molar-refractivity contribution < 1.29 is 14.6 Å². The molecule has 2 rings (SSSR count). The molecule has 0 amide bonds. The van der Waals surface area contributed by atoms with Gasteiger partial charge in [-0.15, -0.1) is 11.3 Å². The molecule has 2 aromatic rings. The number of ether oxygens (including phenoxy) is 1. The Hall–Kier alpha value is -1.88. The number of para-hydroxylation sites is 1. The minimum atomic E-state index is -0.938. The van der Waals surface area contributed by atoms with E-state index in [1.165, 1.54) is 0 Å². The van der Waals surface area contributed by atoms with E-state index in [0.29, 0.717) is 17.3 Å². The summed E-state index contributed by atoms with van der Waals surface area (Å²) < 4.78 is 5.63. The highest BCUT2D eigenvalue weighted by atomic mass is 32.1. The summed E-state index contributed by atoms with van der Waals surface area (Å²) >= 11 is 1.16. The zero-order valence-corrected chi connectivity index (χ0v) is 11.0. The van der Waals surface area contributed by atoms with E-state index in [-0.39, 0.29) is 4.88 Å². The van der Waals surface area contributed by atoms with Gasteiger partial charge in [0, 0.05) is 0 Å². The standard InChI is InChI=1S/C13H13NO3S/c1-8-5-3-4-6-10(8)17-7-11-14-9(2)12(18-11)13(15)16/h3-6H,7H2,1-2H3,(H,15,16). The first-order valence-corrected chi connectivity index (χ1v) is 6.27. The fourth-order valence-corrected chi connectivity index (χ4v) is 2.39. The molecule has 0 unspecified atom stereocenters. The van der Waals surface area contributed by atoms with Crippen LogP contribution in [0.15, 0.2) is 24.3 Å². The van der Waals surface area contributed by atoms with Crippen LogP contribution in [0.3, 0.4) is 0 Å². The molecule has 0 radical (unpaired) electrons. The van der Waals surface area contributed by atoms with Crippen LogP contribution in [0.25, 0.3) is 0 Å². The summed E-state index contributed by atoms with van der Waals surface area (Å²) in [5.74, 6) is -0.144. The second-order valence-electron chi connectivity index (χ2n) is 3.88. The quantitative estimate of drug-likeness (QED) is 0.921. The van der Waals surface area contributed by atoms with Crippen LogP contribution >= 0.6 is 11.3 Å². The summed E-state index contributed by atoms with van der Waals surface area (Å²) in [4.78, 5) is 15.4.